The van der Waals surface area contributed by atoms with Crippen LogP contribution in [0.2, 0.25) is 0 Å². The van der Waals surface area contributed by atoms with Gasteiger partial charge in [0.05, 0.1) is 27.7 Å². The van der Waals surface area contributed by atoms with Crippen molar-refractivity contribution in [3.63, 3.8) is 0 Å². The lowest BCUT2D eigenvalue weighted by molar-refractivity contribution is -0.870. The smallest absolute Gasteiger partial charge is 0.306 e. The van der Waals surface area contributed by atoms with Crippen molar-refractivity contribution in [2.75, 3.05) is 47.5 Å². The molecule has 0 saturated carbocycles. The average Bonchev–Trinajstić information content (AvgIpc) is 4.12. The third-order valence-electron chi connectivity index (χ3n) is 11.2. The molecule has 2 aliphatic heterocycles. The normalized spacial score (nSPS) is 16.6. The third-order valence-corrected chi connectivity index (χ3v) is 12.2. The van der Waals surface area contributed by atoms with Crippen LogP contribution in [0.1, 0.15) is 206 Å². The van der Waals surface area contributed by atoms with E-state index >= 15 is 0 Å². The first kappa shape index (κ1) is 52.3. The summed E-state index contributed by atoms with van der Waals surface area (Å²) < 4.78 is 34.0. The summed E-state index contributed by atoms with van der Waals surface area (Å²) in [7, 11) is 1.12. The molecule has 338 valence electrons. The van der Waals surface area contributed by atoms with Crippen LogP contribution in [0.15, 0.2) is 20.5 Å². The minimum Gasteiger partial charge on any atom is -0.756 e. The second-order valence-corrected chi connectivity index (χ2v) is 19.4. The van der Waals surface area contributed by atoms with Gasteiger partial charge in [-0.1, -0.05) is 129 Å². The Bertz CT molecular complexity index is 1200. The molecule has 58 heavy (non-hydrogen) atoms. The zero-order valence-corrected chi connectivity index (χ0v) is 38.5. The number of hydrogen-bond donors (Lipinski definition) is 0. The van der Waals surface area contributed by atoms with Gasteiger partial charge >= 0.3 is 11.9 Å². The first-order chi connectivity index (χ1) is 27.8. The highest BCUT2D eigenvalue weighted by molar-refractivity contribution is 7.45. The van der Waals surface area contributed by atoms with Gasteiger partial charge in [0.15, 0.2) is 17.4 Å². The molecule has 2 rings (SSSR count). The molecule has 2 aliphatic rings. The third kappa shape index (κ3) is 28.6. The molecule has 13 nitrogen and oxygen atoms in total. The predicted octanol–water partition coefficient (Wildman–Crippen LogP) is 11.7. The van der Waals surface area contributed by atoms with E-state index in [2.05, 4.69) is 34.3 Å². The van der Waals surface area contributed by atoms with Crippen molar-refractivity contribution in [2.24, 2.45) is 20.5 Å². The molecule has 0 spiro atoms. The highest BCUT2D eigenvalue weighted by Crippen LogP contribution is 2.41. The molecule has 0 saturated heterocycles. The van der Waals surface area contributed by atoms with Crippen LogP contribution in [0.3, 0.4) is 0 Å². The second kappa shape index (κ2) is 30.3. The first-order valence-corrected chi connectivity index (χ1v) is 24.9. The fraction of sp³-hybridized carbons (Fsp3) is 0.955. The number of quaternary nitrogens is 1. The van der Waals surface area contributed by atoms with Crippen LogP contribution < -0.4 is 4.89 Å². The molecule has 0 aromatic carbocycles. The molecule has 0 N–H and O–H groups in total. The van der Waals surface area contributed by atoms with Crippen molar-refractivity contribution in [2.45, 2.75) is 224 Å². The number of carbonyl (C=O) groups is 2. The van der Waals surface area contributed by atoms with Crippen LogP contribution >= 0.6 is 7.82 Å². The van der Waals surface area contributed by atoms with Crippen molar-refractivity contribution < 1.29 is 42.1 Å². The van der Waals surface area contributed by atoms with Gasteiger partial charge in [-0.2, -0.15) is 20.5 Å². The van der Waals surface area contributed by atoms with E-state index in [0.717, 1.165) is 64.2 Å². The highest BCUT2D eigenvalue weighted by Gasteiger charge is 2.39. The Balaban J connectivity index is 1.61. The molecule has 0 amide bonds. The number of ether oxygens (including phenoxy) is 2. The largest absolute Gasteiger partial charge is 0.756 e. The molecule has 2 atom stereocenters. The maximum atomic E-state index is 12.8. The SMILES string of the molecule is CCCCCCCCCCCCCCCCCC(=O)OCC(COP(=O)([O-])OCC[N+](C)(C)C)OC(=O)CCCCC1(CCCCCCCC2(CCCC)N=N2)N=N1. The molecule has 0 aromatic rings. The zero-order valence-electron chi connectivity index (χ0n) is 37.6. The topological polar surface area (TPSA) is 161 Å². The lowest BCUT2D eigenvalue weighted by atomic mass is 9.96. The highest BCUT2D eigenvalue weighted by atomic mass is 31.2. The number of phosphoric acid groups is 1. The minimum absolute atomic E-state index is 0.0451. The molecular weight excluding hydrogens is 757 g/mol. The zero-order chi connectivity index (χ0) is 42.4. The Kier molecular flexibility index (Phi) is 27.3. The second-order valence-electron chi connectivity index (χ2n) is 18.0. The van der Waals surface area contributed by atoms with Gasteiger partial charge in [-0.25, -0.2) is 0 Å². The summed E-state index contributed by atoms with van der Waals surface area (Å²) in [6, 6.07) is 0. The number of carbonyl (C=O) groups excluding carboxylic acids is 2. The number of unbranched alkanes of at least 4 members (excludes halogenated alkanes) is 20. The van der Waals surface area contributed by atoms with Crippen LogP contribution in [-0.4, -0.2) is 81.4 Å². The van der Waals surface area contributed by atoms with Gasteiger partial charge in [-0.3, -0.25) is 14.2 Å². The summed E-state index contributed by atoms with van der Waals surface area (Å²) in [5.74, 6) is -0.899. The number of rotatable bonds is 42. The van der Waals surface area contributed by atoms with Gasteiger partial charge in [0.1, 0.15) is 19.8 Å². The fourth-order valence-corrected chi connectivity index (χ4v) is 7.90. The Morgan fingerprint density at radius 3 is 1.41 bits per heavy atom. The van der Waals surface area contributed by atoms with Crippen LogP contribution in [0.25, 0.3) is 0 Å². The van der Waals surface area contributed by atoms with Crippen LogP contribution in [-0.2, 0) is 32.7 Å². The monoisotopic (exact) mass is 842 g/mol. The fourth-order valence-electron chi connectivity index (χ4n) is 7.17. The lowest BCUT2D eigenvalue weighted by Crippen LogP contribution is -2.37. The molecule has 0 fully saturated rings. The van der Waals surface area contributed by atoms with Crippen LogP contribution in [0.4, 0.5) is 0 Å². The molecule has 0 aliphatic carbocycles. The van der Waals surface area contributed by atoms with Crippen molar-refractivity contribution in [3.05, 3.63) is 0 Å². The Morgan fingerprint density at radius 2 is 0.948 bits per heavy atom. The van der Waals surface area contributed by atoms with Crippen molar-refractivity contribution in [1.82, 2.24) is 0 Å². The van der Waals surface area contributed by atoms with Gasteiger partial charge in [-0.15, -0.1) is 0 Å². The molecule has 0 bridgehead atoms. The summed E-state index contributed by atoms with van der Waals surface area (Å²) in [4.78, 5) is 37.8. The first-order valence-electron chi connectivity index (χ1n) is 23.5. The van der Waals surface area contributed by atoms with E-state index in [1.807, 2.05) is 21.1 Å². The number of hydrogen-bond acceptors (Lipinski definition) is 12. The number of phosphoric ester groups is 1. The van der Waals surface area contributed by atoms with Crippen LogP contribution in [0, 0.1) is 0 Å². The Morgan fingerprint density at radius 1 is 0.552 bits per heavy atom. The van der Waals surface area contributed by atoms with Crippen molar-refractivity contribution in [1.29, 1.82) is 0 Å². The van der Waals surface area contributed by atoms with E-state index in [1.165, 1.54) is 109 Å². The van der Waals surface area contributed by atoms with Gasteiger partial charge < -0.3 is 27.9 Å². The van der Waals surface area contributed by atoms with Crippen molar-refractivity contribution in [3.8, 4) is 0 Å². The molecule has 14 heteroatoms. The van der Waals surface area contributed by atoms with Crippen molar-refractivity contribution >= 4 is 19.8 Å². The lowest BCUT2D eigenvalue weighted by Gasteiger charge is -2.28. The maximum absolute atomic E-state index is 12.8. The standard InChI is InChI=1S/C44H84N5O8P/c1-6-8-10-11-12-13-14-15-16-17-18-19-20-22-25-30-41(50)54-38-40(39-56-58(52,53)55-37-36-49(3,4)5)57-42(51)31-26-29-35-44(47-48-44)34-28-24-21-23-27-33-43(45-46-43)32-9-7-2/h40H,6-39H2,1-5H3. The van der Waals surface area contributed by atoms with E-state index in [-0.39, 0.29) is 37.4 Å². The Hall–Kier alpha value is -1.79. The summed E-state index contributed by atoms with van der Waals surface area (Å²) in [5.41, 5.74) is -0.357. The number of nitrogens with zero attached hydrogens (tertiary/aromatic N) is 5. The van der Waals surface area contributed by atoms with E-state index in [9.17, 15) is 19.0 Å². The van der Waals surface area contributed by atoms with Gasteiger partial charge in [0.25, 0.3) is 7.82 Å². The maximum Gasteiger partial charge on any atom is 0.306 e. The molecule has 0 aromatic heterocycles. The summed E-state index contributed by atoms with van der Waals surface area (Å²) in [6.45, 7) is 4.10. The van der Waals surface area contributed by atoms with E-state index in [1.54, 1.807) is 0 Å². The number of likely N-dealkylation sites (N-methyl/N-ethyl adjacent to an activating group) is 1. The molecule has 2 heterocycles. The quantitative estimate of drug-likeness (QED) is 0.0254. The summed E-state index contributed by atoms with van der Waals surface area (Å²) in [5, 5.41) is 17.3. The van der Waals surface area contributed by atoms with Gasteiger partial charge in [0, 0.05) is 12.8 Å². The summed E-state index contributed by atoms with van der Waals surface area (Å²) >= 11 is 0. The molecule has 0 radical (unpaired) electrons. The van der Waals surface area contributed by atoms with Gasteiger partial charge in [0.2, 0.25) is 0 Å². The molecular formula is C44H84N5O8P. The van der Waals surface area contributed by atoms with E-state index in [0.29, 0.717) is 17.4 Å². The van der Waals surface area contributed by atoms with E-state index < -0.39 is 32.5 Å². The molecule has 2 unspecified atom stereocenters. The average molecular weight is 842 g/mol. The Labute approximate surface area is 352 Å². The predicted molar refractivity (Wildman–Crippen MR) is 228 cm³/mol. The minimum atomic E-state index is -4.65. The van der Waals surface area contributed by atoms with Gasteiger partial charge in [-0.05, 0) is 64.2 Å². The van der Waals surface area contributed by atoms with E-state index in [4.69, 9.17) is 18.5 Å². The van der Waals surface area contributed by atoms with Crippen LogP contribution in [0.5, 0.6) is 0 Å². The number of esters is 2. The summed E-state index contributed by atoms with van der Waals surface area (Å²) in [6.07, 6.45) is 31.4.